The van der Waals surface area contributed by atoms with Gasteiger partial charge in [0.25, 0.3) is 0 Å². The molecule has 1 aromatic carbocycles. The zero-order valence-corrected chi connectivity index (χ0v) is 12.3. The highest BCUT2D eigenvalue weighted by molar-refractivity contribution is 6.05. The summed E-state index contributed by atoms with van der Waals surface area (Å²) in [5.74, 6) is -1.22. The van der Waals surface area contributed by atoms with Gasteiger partial charge in [0.05, 0.1) is 12.0 Å². The van der Waals surface area contributed by atoms with Crippen LogP contribution in [0.2, 0.25) is 0 Å². The van der Waals surface area contributed by atoms with E-state index in [1.165, 1.54) is 12.5 Å². The third-order valence-electron chi connectivity index (χ3n) is 3.57. The minimum atomic E-state index is -0.988. The fraction of sp³-hybridized carbons (Fsp3) is 0.0667. The summed E-state index contributed by atoms with van der Waals surface area (Å²) in [6.07, 6.45) is 3.13. The SMILES string of the molecule is Cl.O=c1cc(F)c2c(Cc3ccco3)nc3[nH][nH]cc3c2c1F. The minimum Gasteiger partial charge on any atom is -0.469 e. The molecule has 23 heavy (non-hydrogen) atoms. The smallest absolute Gasteiger partial charge is 0.217 e. The molecule has 3 aromatic heterocycles. The fourth-order valence-electron chi connectivity index (χ4n) is 2.63. The lowest BCUT2D eigenvalue weighted by Crippen LogP contribution is -2.09. The van der Waals surface area contributed by atoms with Crippen molar-refractivity contribution in [2.45, 2.75) is 6.42 Å². The Morgan fingerprint density at radius 1 is 1.26 bits per heavy atom. The topological polar surface area (TPSA) is 74.7 Å². The van der Waals surface area contributed by atoms with Crippen molar-refractivity contribution in [3.63, 3.8) is 0 Å². The molecule has 0 spiro atoms. The maximum Gasteiger partial charge on any atom is 0.217 e. The summed E-state index contributed by atoms with van der Waals surface area (Å²) in [6, 6.07) is 4.06. The van der Waals surface area contributed by atoms with Crippen LogP contribution in [-0.4, -0.2) is 15.2 Å². The van der Waals surface area contributed by atoms with Crippen molar-refractivity contribution < 1.29 is 13.2 Å². The van der Waals surface area contributed by atoms with Gasteiger partial charge in [-0.25, -0.2) is 13.8 Å². The van der Waals surface area contributed by atoms with Gasteiger partial charge < -0.3 is 9.52 Å². The molecule has 0 bridgehead atoms. The van der Waals surface area contributed by atoms with Crippen molar-refractivity contribution in [3.05, 3.63) is 64.0 Å². The predicted octanol–water partition coefficient (Wildman–Crippen LogP) is 3.29. The largest absolute Gasteiger partial charge is 0.469 e. The van der Waals surface area contributed by atoms with Crippen LogP contribution in [0.5, 0.6) is 0 Å². The number of benzene rings is 1. The van der Waals surface area contributed by atoms with E-state index in [9.17, 15) is 13.6 Å². The second-order valence-corrected chi connectivity index (χ2v) is 4.91. The molecule has 0 aliphatic rings. The molecule has 0 unspecified atom stereocenters. The van der Waals surface area contributed by atoms with E-state index in [0.29, 0.717) is 28.6 Å². The zero-order chi connectivity index (χ0) is 15.3. The molecule has 0 amide bonds. The Labute approximate surface area is 133 Å². The van der Waals surface area contributed by atoms with Crippen LogP contribution in [0.1, 0.15) is 11.5 Å². The van der Waals surface area contributed by atoms with Gasteiger partial charge in [-0.05, 0) is 12.1 Å². The lowest BCUT2D eigenvalue weighted by molar-refractivity contribution is 0.519. The Hall–Kier alpha value is -2.67. The summed E-state index contributed by atoms with van der Waals surface area (Å²) in [5, 5.41) is 5.67. The Bertz CT molecular complexity index is 1050. The van der Waals surface area contributed by atoms with E-state index in [0.717, 1.165) is 0 Å². The average Bonchev–Trinajstić information content (AvgIpc) is 3.14. The third kappa shape index (κ3) is 2.29. The molecule has 0 aliphatic carbocycles. The molecule has 4 rings (SSSR count). The van der Waals surface area contributed by atoms with Crippen LogP contribution in [0.15, 0.2) is 39.9 Å². The first-order valence-corrected chi connectivity index (χ1v) is 6.54. The maximum absolute atomic E-state index is 14.3. The Balaban J connectivity index is 0.00000156. The van der Waals surface area contributed by atoms with Crippen LogP contribution in [0, 0.1) is 11.6 Å². The lowest BCUT2D eigenvalue weighted by atomic mass is 10.0. The summed E-state index contributed by atoms with van der Waals surface area (Å²) < 4.78 is 33.8. The van der Waals surface area contributed by atoms with Gasteiger partial charge in [-0.15, -0.1) is 12.4 Å². The molecular weight excluding hydrogens is 328 g/mol. The molecule has 0 saturated heterocycles. The number of H-pyrrole nitrogens is 2. The van der Waals surface area contributed by atoms with E-state index in [1.807, 2.05) is 0 Å². The fourth-order valence-corrected chi connectivity index (χ4v) is 2.63. The van der Waals surface area contributed by atoms with Gasteiger partial charge in [-0.3, -0.25) is 9.89 Å². The zero-order valence-electron chi connectivity index (χ0n) is 11.5. The predicted molar refractivity (Wildman–Crippen MR) is 82.9 cm³/mol. The number of nitrogens with one attached hydrogen (secondary N) is 2. The second kappa shape index (κ2) is 5.51. The van der Waals surface area contributed by atoms with Crippen molar-refractivity contribution >= 4 is 34.2 Å². The summed E-state index contributed by atoms with van der Waals surface area (Å²) >= 11 is 0. The highest BCUT2D eigenvalue weighted by atomic mass is 35.5. The van der Waals surface area contributed by atoms with Crippen LogP contribution >= 0.6 is 12.4 Å². The molecular formula is C15H10ClF2N3O2. The van der Waals surface area contributed by atoms with Crippen molar-refractivity contribution in [2.75, 3.05) is 0 Å². The number of hydrogen-bond donors (Lipinski definition) is 2. The summed E-state index contributed by atoms with van der Waals surface area (Å²) in [4.78, 5) is 15.9. The van der Waals surface area contributed by atoms with E-state index < -0.39 is 17.1 Å². The van der Waals surface area contributed by atoms with Crippen LogP contribution in [0.3, 0.4) is 0 Å². The van der Waals surface area contributed by atoms with Crippen molar-refractivity contribution in [1.82, 2.24) is 15.2 Å². The van der Waals surface area contributed by atoms with Gasteiger partial charge in [0.1, 0.15) is 11.6 Å². The first-order chi connectivity index (χ1) is 10.6. The van der Waals surface area contributed by atoms with Crippen LogP contribution in [-0.2, 0) is 6.42 Å². The van der Waals surface area contributed by atoms with Crippen LogP contribution in [0.4, 0.5) is 8.78 Å². The molecule has 3 heterocycles. The molecule has 0 radical (unpaired) electrons. The van der Waals surface area contributed by atoms with Gasteiger partial charge in [0, 0.05) is 34.8 Å². The highest BCUT2D eigenvalue weighted by Gasteiger charge is 2.20. The molecule has 5 nitrogen and oxygen atoms in total. The van der Waals surface area contributed by atoms with Crippen molar-refractivity contribution in [1.29, 1.82) is 0 Å². The van der Waals surface area contributed by atoms with E-state index in [4.69, 9.17) is 4.42 Å². The maximum atomic E-state index is 14.3. The summed E-state index contributed by atoms with van der Waals surface area (Å²) in [7, 11) is 0. The van der Waals surface area contributed by atoms with Gasteiger partial charge in [0.15, 0.2) is 11.5 Å². The van der Waals surface area contributed by atoms with Gasteiger partial charge in [-0.1, -0.05) is 0 Å². The van der Waals surface area contributed by atoms with E-state index in [2.05, 4.69) is 15.2 Å². The second-order valence-electron chi connectivity index (χ2n) is 4.91. The number of nitrogens with zero attached hydrogens (tertiary/aromatic N) is 1. The molecule has 0 fully saturated rings. The number of aromatic amines is 2. The average molecular weight is 338 g/mol. The first-order valence-electron chi connectivity index (χ1n) is 6.54. The standard InChI is InChI=1S/C15H9F2N3O2.ClH/c16-9-5-11(21)14(17)12-8-6-18-20-15(8)19-10(13(9)12)4-7-2-1-3-22-7;/h1-3,5-6H,4H2,(H2,18,19,20);1H. The van der Waals surface area contributed by atoms with Crippen molar-refractivity contribution in [3.8, 4) is 0 Å². The van der Waals surface area contributed by atoms with Crippen LogP contribution < -0.4 is 5.43 Å². The summed E-state index contributed by atoms with van der Waals surface area (Å²) in [5.41, 5.74) is -0.342. The van der Waals surface area contributed by atoms with Gasteiger partial charge in [-0.2, -0.15) is 0 Å². The first kappa shape index (κ1) is 15.2. The molecule has 8 heteroatoms. The third-order valence-corrected chi connectivity index (χ3v) is 3.57. The normalized spacial score (nSPS) is 11.0. The molecule has 0 aliphatic heterocycles. The van der Waals surface area contributed by atoms with E-state index in [-0.39, 0.29) is 29.6 Å². The molecule has 4 aromatic rings. The quantitative estimate of drug-likeness (QED) is 0.589. The van der Waals surface area contributed by atoms with E-state index >= 15 is 0 Å². The molecule has 0 saturated carbocycles. The Kier molecular flexibility index (Phi) is 3.65. The summed E-state index contributed by atoms with van der Waals surface area (Å²) in [6.45, 7) is 0. The highest BCUT2D eigenvalue weighted by Crippen LogP contribution is 2.29. The molecule has 118 valence electrons. The number of aromatic nitrogens is 3. The van der Waals surface area contributed by atoms with E-state index in [1.54, 1.807) is 12.1 Å². The Morgan fingerprint density at radius 3 is 2.83 bits per heavy atom. The van der Waals surface area contributed by atoms with Crippen molar-refractivity contribution in [2.24, 2.45) is 0 Å². The lowest BCUT2D eigenvalue weighted by Gasteiger charge is -2.07. The number of furan rings is 1. The minimum absolute atomic E-state index is 0. The number of pyridine rings is 1. The van der Waals surface area contributed by atoms with Gasteiger partial charge >= 0.3 is 0 Å². The number of rotatable bonds is 2. The number of fused-ring (bicyclic) bond motifs is 3. The number of halogens is 3. The molecule has 2 N–H and O–H groups in total. The number of hydrogen-bond acceptors (Lipinski definition) is 3. The Morgan fingerprint density at radius 2 is 2.09 bits per heavy atom. The monoisotopic (exact) mass is 337 g/mol. The van der Waals surface area contributed by atoms with Crippen LogP contribution in [0.25, 0.3) is 21.8 Å². The van der Waals surface area contributed by atoms with Gasteiger partial charge in [0.2, 0.25) is 5.43 Å². The molecule has 0 atom stereocenters.